The molecule has 5 heteroatoms. The molecule has 24 heavy (non-hydrogen) atoms. The molecular formula is C19H22N2O3. The second-order valence-corrected chi connectivity index (χ2v) is 5.41. The van der Waals surface area contributed by atoms with Crippen molar-refractivity contribution in [3.05, 3.63) is 47.7 Å². The fraction of sp³-hybridized carbons (Fsp3) is 0.368. The average Bonchev–Trinajstić information content (AvgIpc) is 3.13. The lowest BCUT2D eigenvalue weighted by molar-refractivity contribution is -0.141. The first-order valence-electron chi connectivity index (χ1n) is 8.05. The molecule has 0 heterocycles. The number of ether oxygens (including phenoxy) is 2. The van der Waals surface area contributed by atoms with Crippen LogP contribution in [-0.4, -0.2) is 26.2 Å². The normalized spacial score (nSPS) is 13.9. The topological polar surface area (TPSA) is 62.6 Å². The maximum atomic E-state index is 11.9. The number of methoxy groups -OCH3 is 1. The molecule has 1 aliphatic carbocycles. The zero-order valence-corrected chi connectivity index (χ0v) is 14.1. The minimum absolute atomic E-state index is 0.0542. The number of esters is 1. The minimum Gasteiger partial charge on any atom is -0.497 e. The fourth-order valence-corrected chi connectivity index (χ4v) is 2.59. The molecule has 5 nitrogen and oxygen atoms in total. The van der Waals surface area contributed by atoms with E-state index in [0.717, 1.165) is 36.3 Å². The van der Waals surface area contributed by atoms with Gasteiger partial charge in [0.05, 0.1) is 19.3 Å². The molecule has 0 amide bonds. The van der Waals surface area contributed by atoms with Crippen LogP contribution in [0.3, 0.4) is 0 Å². The molecule has 0 atom stereocenters. The van der Waals surface area contributed by atoms with Crippen LogP contribution in [-0.2, 0) is 9.53 Å². The van der Waals surface area contributed by atoms with Crippen molar-refractivity contribution in [3.63, 3.8) is 0 Å². The van der Waals surface area contributed by atoms with Crippen LogP contribution in [0.15, 0.2) is 47.7 Å². The third-order valence-electron chi connectivity index (χ3n) is 3.80. The monoisotopic (exact) mass is 326 g/mol. The van der Waals surface area contributed by atoms with Crippen molar-refractivity contribution in [2.45, 2.75) is 26.2 Å². The maximum absolute atomic E-state index is 11.9. The lowest BCUT2D eigenvalue weighted by Gasteiger charge is -2.20. The van der Waals surface area contributed by atoms with Gasteiger partial charge in [-0.3, -0.25) is 4.79 Å². The van der Waals surface area contributed by atoms with E-state index in [1.807, 2.05) is 24.3 Å². The third kappa shape index (κ3) is 4.63. The summed E-state index contributed by atoms with van der Waals surface area (Å²) in [6.45, 7) is 2.16. The summed E-state index contributed by atoms with van der Waals surface area (Å²) in [6.07, 6.45) is 6.78. The van der Waals surface area contributed by atoms with E-state index in [1.54, 1.807) is 25.1 Å². The molecule has 2 rings (SSSR count). The zero-order valence-electron chi connectivity index (χ0n) is 14.1. The summed E-state index contributed by atoms with van der Waals surface area (Å²) in [5, 5.41) is 9.48. The summed E-state index contributed by atoms with van der Waals surface area (Å²) in [6, 6.07) is 9.60. The first-order valence-corrected chi connectivity index (χ1v) is 8.05. The number of nitrogens with zero attached hydrogens (tertiary/aromatic N) is 2. The Bertz CT molecular complexity index is 669. The minimum atomic E-state index is -0.331. The summed E-state index contributed by atoms with van der Waals surface area (Å²) in [5.74, 6) is 0.403. The lowest BCUT2D eigenvalue weighted by atomic mass is 10.1. The number of hydrogen-bond donors (Lipinski definition) is 0. The highest BCUT2D eigenvalue weighted by Crippen LogP contribution is 2.26. The van der Waals surface area contributed by atoms with Gasteiger partial charge in [-0.15, -0.1) is 0 Å². The smallest absolute Gasteiger partial charge is 0.325 e. The van der Waals surface area contributed by atoms with Gasteiger partial charge in [-0.05, 0) is 56.0 Å². The number of allylic oxidation sites excluding steroid dienone is 3. The number of nitriles is 1. The predicted octanol–water partition coefficient (Wildman–Crippen LogP) is 3.58. The van der Waals surface area contributed by atoms with Crippen LogP contribution in [0.5, 0.6) is 5.75 Å². The van der Waals surface area contributed by atoms with Crippen LogP contribution in [0, 0.1) is 11.3 Å². The molecule has 0 aromatic heterocycles. The SMILES string of the molecule is CCOC(=O)CN(/C=C(\C#N)C1=CCCC1)c1ccc(OC)cc1. The van der Waals surface area contributed by atoms with Gasteiger partial charge < -0.3 is 14.4 Å². The molecule has 1 aromatic carbocycles. The van der Waals surface area contributed by atoms with Gasteiger partial charge in [0.1, 0.15) is 18.4 Å². The van der Waals surface area contributed by atoms with Gasteiger partial charge in [-0.25, -0.2) is 0 Å². The highest BCUT2D eigenvalue weighted by atomic mass is 16.5. The Kier molecular flexibility index (Phi) is 6.44. The highest BCUT2D eigenvalue weighted by molar-refractivity contribution is 5.77. The molecule has 0 bridgehead atoms. The van der Waals surface area contributed by atoms with Crippen molar-refractivity contribution in [3.8, 4) is 11.8 Å². The molecular weight excluding hydrogens is 304 g/mol. The third-order valence-corrected chi connectivity index (χ3v) is 3.80. The molecule has 0 N–H and O–H groups in total. The van der Waals surface area contributed by atoms with Gasteiger partial charge >= 0.3 is 5.97 Å². The van der Waals surface area contributed by atoms with Crippen LogP contribution in [0.1, 0.15) is 26.2 Å². The van der Waals surface area contributed by atoms with Crippen molar-refractivity contribution >= 4 is 11.7 Å². The van der Waals surface area contributed by atoms with E-state index in [1.165, 1.54) is 0 Å². The van der Waals surface area contributed by atoms with Gasteiger partial charge in [-0.1, -0.05) is 6.08 Å². The van der Waals surface area contributed by atoms with Crippen molar-refractivity contribution in [2.75, 3.05) is 25.2 Å². The second kappa shape index (κ2) is 8.78. The van der Waals surface area contributed by atoms with E-state index >= 15 is 0 Å². The van der Waals surface area contributed by atoms with Crippen molar-refractivity contribution < 1.29 is 14.3 Å². The quantitative estimate of drug-likeness (QED) is 0.566. The average molecular weight is 326 g/mol. The van der Waals surface area contributed by atoms with Crippen LogP contribution in [0.25, 0.3) is 0 Å². The summed E-state index contributed by atoms with van der Waals surface area (Å²) < 4.78 is 10.2. The summed E-state index contributed by atoms with van der Waals surface area (Å²) >= 11 is 0. The predicted molar refractivity (Wildman–Crippen MR) is 92.6 cm³/mol. The number of carbonyl (C=O) groups is 1. The molecule has 126 valence electrons. The number of anilines is 1. The van der Waals surface area contributed by atoms with Gasteiger partial charge in [0.15, 0.2) is 0 Å². The van der Waals surface area contributed by atoms with Crippen LogP contribution >= 0.6 is 0 Å². The molecule has 0 fully saturated rings. The Hall–Kier alpha value is -2.74. The standard InChI is InChI=1S/C19H22N2O3/c1-3-24-19(22)14-21(17-8-10-18(23-2)11-9-17)13-16(12-20)15-6-4-5-7-15/h6,8-11,13H,3-5,7,14H2,1-2H3/b16-13+. The molecule has 1 aliphatic rings. The van der Waals surface area contributed by atoms with Gasteiger partial charge in [0.2, 0.25) is 0 Å². The van der Waals surface area contributed by atoms with E-state index in [-0.39, 0.29) is 12.5 Å². The lowest BCUT2D eigenvalue weighted by Crippen LogP contribution is -2.27. The summed E-state index contributed by atoms with van der Waals surface area (Å²) in [4.78, 5) is 13.7. The Morgan fingerprint density at radius 3 is 2.67 bits per heavy atom. The van der Waals surface area contributed by atoms with E-state index in [9.17, 15) is 10.1 Å². The second-order valence-electron chi connectivity index (χ2n) is 5.41. The van der Waals surface area contributed by atoms with Crippen molar-refractivity contribution in [1.82, 2.24) is 0 Å². The van der Waals surface area contributed by atoms with E-state index in [4.69, 9.17) is 9.47 Å². The first kappa shape index (κ1) is 17.6. The highest BCUT2D eigenvalue weighted by Gasteiger charge is 2.15. The van der Waals surface area contributed by atoms with Crippen LogP contribution < -0.4 is 9.64 Å². The number of carbonyl (C=O) groups excluding carboxylic acids is 1. The molecule has 0 saturated carbocycles. The van der Waals surface area contributed by atoms with E-state index in [2.05, 4.69) is 12.1 Å². The molecule has 0 aliphatic heterocycles. The van der Waals surface area contributed by atoms with E-state index in [0.29, 0.717) is 12.2 Å². The van der Waals surface area contributed by atoms with Gasteiger partial charge in [0.25, 0.3) is 0 Å². The Balaban J connectivity index is 2.30. The molecule has 1 aromatic rings. The van der Waals surface area contributed by atoms with Gasteiger partial charge in [0, 0.05) is 11.9 Å². The number of rotatable bonds is 7. The van der Waals surface area contributed by atoms with Crippen LogP contribution in [0.4, 0.5) is 5.69 Å². The molecule has 0 radical (unpaired) electrons. The van der Waals surface area contributed by atoms with E-state index < -0.39 is 0 Å². The Morgan fingerprint density at radius 2 is 2.12 bits per heavy atom. The summed E-state index contributed by atoms with van der Waals surface area (Å²) in [5.41, 5.74) is 2.43. The van der Waals surface area contributed by atoms with Crippen LogP contribution in [0.2, 0.25) is 0 Å². The van der Waals surface area contributed by atoms with Crippen molar-refractivity contribution in [2.24, 2.45) is 0 Å². The van der Waals surface area contributed by atoms with Crippen molar-refractivity contribution in [1.29, 1.82) is 5.26 Å². The zero-order chi connectivity index (χ0) is 17.4. The number of hydrogen-bond acceptors (Lipinski definition) is 5. The fourth-order valence-electron chi connectivity index (χ4n) is 2.59. The maximum Gasteiger partial charge on any atom is 0.325 e. The number of benzene rings is 1. The molecule has 0 unspecified atom stereocenters. The largest absolute Gasteiger partial charge is 0.497 e. The Morgan fingerprint density at radius 1 is 1.38 bits per heavy atom. The molecule has 0 saturated heterocycles. The first-order chi connectivity index (χ1) is 11.7. The van der Waals surface area contributed by atoms with Gasteiger partial charge in [-0.2, -0.15) is 5.26 Å². The Labute approximate surface area is 142 Å². The summed E-state index contributed by atoms with van der Waals surface area (Å²) in [7, 11) is 1.60. The molecule has 0 spiro atoms.